The van der Waals surface area contributed by atoms with Gasteiger partial charge in [-0.2, -0.15) is 0 Å². The number of nitrogens with zero attached hydrogens (tertiary/aromatic N) is 1. The molecule has 4 fully saturated rings. The average Bonchev–Trinajstić information content (AvgIpc) is 3.38. The fourth-order valence-electron chi connectivity index (χ4n) is 11.1. The van der Waals surface area contributed by atoms with Crippen molar-refractivity contribution >= 4 is 32.5 Å². The van der Waals surface area contributed by atoms with Crippen molar-refractivity contribution in [2.45, 2.75) is 102 Å². The molecule has 0 saturated heterocycles. The third-order valence-corrected chi connectivity index (χ3v) is 15.1. The maximum Gasteiger partial charge on any atom is 0.305 e. The SMILES string of the molecule is COC(=O)CC[C@@H](C)C1CCC2[C@@H]3C(CC(O)C21C)C1(C)CC[C@@H](NS(=O)(=O)c2ccc(N(C)C)c4ccccc24)C[C@H]1C[C@@H]3O. The molecule has 254 valence electrons. The highest BCUT2D eigenvalue weighted by Gasteiger charge is 2.65. The Morgan fingerprint density at radius 3 is 2.43 bits per heavy atom. The minimum Gasteiger partial charge on any atom is -0.469 e. The first-order valence-corrected chi connectivity index (χ1v) is 18.8. The number of aliphatic hydroxyl groups is 2. The van der Waals surface area contributed by atoms with E-state index in [0.29, 0.717) is 41.9 Å². The monoisotopic (exact) mass is 654 g/mol. The highest BCUT2D eigenvalue weighted by molar-refractivity contribution is 7.89. The smallest absolute Gasteiger partial charge is 0.305 e. The summed E-state index contributed by atoms with van der Waals surface area (Å²) >= 11 is 0. The van der Waals surface area contributed by atoms with Crippen LogP contribution in [0.2, 0.25) is 0 Å². The van der Waals surface area contributed by atoms with Crippen LogP contribution in [-0.2, 0) is 19.6 Å². The lowest BCUT2D eigenvalue weighted by Gasteiger charge is -2.63. The first kappa shape index (κ1) is 33.7. The molecule has 6 unspecified atom stereocenters. The third-order valence-electron chi connectivity index (χ3n) is 13.5. The van der Waals surface area contributed by atoms with Crippen LogP contribution < -0.4 is 9.62 Å². The molecule has 11 atom stereocenters. The Hall–Kier alpha value is -2.20. The molecule has 0 bridgehead atoms. The Balaban J connectivity index is 1.19. The van der Waals surface area contributed by atoms with Crippen LogP contribution in [0.25, 0.3) is 10.8 Å². The van der Waals surface area contributed by atoms with Crippen molar-refractivity contribution in [2.24, 2.45) is 46.3 Å². The number of nitrogens with one attached hydrogen (secondary N) is 1. The van der Waals surface area contributed by atoms with Crippen LogP contribution in [0.5, 0.6) is 0 Å². The first-order valence-electron chi connectivity index (χ1n) is 17.4. The van der Waals surface area contributed by atoms with E-state index in [1.807, 2.05) is 49.3 Å². The molecule has 46 heavy (non-hydrogen) atoms. The molecule has 4 saturated carbocycles. The lowest BCUT2D eigenvalue weighted by molar-refractivity contribution is -0.202. The quantitative estimate of drug-likeness (QED) is 0.311. The van der Waals surface area contributed by atoms with Gasteiger partial charge in [-0.1, -0.05) is 45.0 Å². The maximum absolute atomic E-state index is 13.9. The van der Waals surface area contributed by atoms with Crippen molar-refractivity contribution in [3.63, 3.8) is 0 Å². The van der Waals surface area contributed by atoms with Crippen LogP contribution in [0.4, 0.5) is 5.69 Å². The second-order valence-corrected chi connectivity index (χ2v) is 17.5. The molecule has 4 aliphatic carbocycles. The zero-order valence-electron chi connectivity index (χ0n) is 28.4. The summed E-state index contributed by atoms with van der Waals surface area (Å²) in [6.45, 7) is 6.79. The van der Waals surface area contributed by atoms with Crippen molar-refractivity contribution in [1.82, 2.24) is 4.72 Å². The molecule has 2 aromatic rings. The van der Waals surface area contributed by atoms with Crippen molar-refractivity contribution in [1.29, 1.82) is 0 Å². The van der Waals surface area contributed by atoms with Crippen LogP contribution in [0.15, 0.2) is 41.3 Å². The largest absolute Gasteiger partial charge is 0.469 e. The highest BCUT2D eigenvalue weighted by Crippen LogP contribution is 2.68. The molecule has 3 N–H and O–H groups in total. The number of rotatable bonds is 8. The number of benzene rings is 2. The second-order valence-electron chi connectivity index (χ2n) is 15.8. The molecule has 0 spiro atoms. The second kappa shape index (κ2) is 12.4. The molecular weight excluding hydrogens is 600 g/mol. The fourth-order valence-corrected chi connectivity index (χ4v) is 12.6. The molecule has 2 aromatic carbocycles. The van der Waals surface area contributed by atoms with Gasteiger partial charge in [-0.3, -0.25) is 4.79 Å². The predicted octanol–water partition coefficient (Wildman–Crippen LogP) is 5.74. The fraction of sp³-hybridized carbons (Fsp3) is 0.703. The van der Waals surface area contributed by atoms with E-state index in [4.69, 9.17) is 4.74 Å². The minimum atomic E-state index is -3.78. The summed E-state index contributed by atoms with van der Waals surface area (Å²) in [5.41, 5.74) is 0.616. The predicted molar refractivity (Wildman–Crippen MR) is 181 cm³/mol. The van der Waals surface area contributed by atoms with E-state index in [-0.39, 0.29) is 52.4 Å². The summed E-state index contributed by atoms with van der Waals surface area (Å²) in [6.07, 6.45) is 5.83. The van der Waals surface area contributed by atoms with Crippen molar-refractivity contribution in [2.75, 3.05) is 26.1 Å². The maximum atomic E-state index is 13.9. The summed E-state index contributed by atoms with van der Waals surface area (Å²) in [6, 6.07) is 11.0. The van der Waals surface area contributed by atoms with Gasteiger partial charge >= 0.3 is 5.97 Å². The van der Waals surface area contributed by atoms with Gasteiger partial charge in [0.1, 0.15) is 0 Å². The van der Waals surface area contributed by atoms with E-state index >= 15 is 0 Å². The van der Waals surface area contributed by atoms with Gasteiger partial charge in [0.05, 0.1) is 24.2 Å². The van der Waals surface area contributed by atoms with Gasteiger partial charge in [-0.25, -0.2) is 13.1 Å². The number of sulfonamides is 1. The minimum absolute atomic E-state index is 0.0667. The van der Waals surface area contributed by atoms with Crippen LogP contribution in [-0.4, -0.2) is 64.1 Å². The number of hydrogen-bond donors (Lipinski definition) is 3. The number of aliphatic hydroxyl groups excluding tert-OH is 2. The third kappa shape index (κ3) is 5.47. The average molecular weight is 655 g/mol. The van der Waals surface area contributed by atoms with Crippen molar-refractivity contribution in [3.8, 4) is 0 Å². The molecular formula is C37H54N2O6S. The van der Waals surface area contributed by atoms with Gasteiger partial charge in [0.15, 0.2) is 0 Å². The molecule has 4 aliphatic rings. The molecule has 0 radical (unpaired) electrons. The number of ether oxygens (including phenoxy) is 1. The summed E-state index contributed by atoms with van der Waals surface area (Å²) in [7, 11) is 1.57. The van der Waals surface area contributed by atoms with E-state index in [1.54, 1.807) is 6.07 Å². The molecule has 9 heteroatoms. The molecule has 0 aliphatic heterocycles. The number of fused-ring (bicyclic) bond motifs is 6. The summed E-state index contributed by atoms with van der Waals surface area (Å²) < 4.78 is 35.7. The summed E-state index contributed by atoms with van der Waals surface area (Å²) in [5, 5.41) is 25.4. The Morgan fingerprint density at radius 1 is 1.02 bits per heavy atom. The van der Waals surface area contributed by atoms with Crippen LogP contribution in [0.3, 0.4) is 0 Å². The zero-order chi connectivity index (χ0) is 33.2. The summed E-state index contributed by atoms with van der Waals surface area (Å²) in [4.78, 5) is 14.2. The van der Waals surface area contributed by atoms with E-state index in [2.05, 4.69) is 25.5 Å². The van der Waals surface area contributed by atoms with Gasteiger partial charge in [0.2, 0.25) is 10.0 Å². The Labute approximate surface area is 275 Å². The normalized spacial score (nSPS) is 38.0. The number of esters is 1. The molecule has 8 nitrogen and oxygen atoms in total. The number of hydrogen-bond acceptors (Lipinski definition) is 7. The van der Waals surface area contributed by atoms with Crippen LogP contribution >= 0.6 is 0 Å². The topological polar surface area (TPSA) is 116 Å². The Bertz CT molecular complexity index is 1560. The van der Waals surface area contributed by atoms with Crippen LogP contribution in [0, 0.1) is 46.3 Å². The number of anilines is 1. The number of methoxy groups -OCH3 is 1. The summed E-state index contributed by atoms with van der Waals surface area (Å²) in [5.74, 6) is 1.11. The van der Waals surface area contributed by atoms with E-state index in [1.165, 1.54) is 7.11 Å². The molecule has 0 amide bonds. The van der Waals surface area contributed by atoms with Gasteiger partial charge in [-0.05, 0) is 110 Å². The Morgan fingerprint density at radius 2 is 1.74 bits per heavy atom. The lowest BCUT2D eigenvalue weighted by atomic mass is 9.43. The number of carbonyl (C=O) groups is 1. The molecule has 6 rings (SSSR count). The van der Waals surface area contributed by atoms with E-state index < -0.39 is 22.2 Å². The first-order chi connectivity index (χ1) is 21.7. The van der Waals surface area contributed by atoms with Gasteiger partial charge in [-0.15, -0.1) is 0 Å². The van der Waals surface area contributed by atoms with Gasteiger partial charge in [0.25, 0.3) is 0 Å². The lowest BCUT2D eigenvalue weighted by Crippen LogP contribution is -2.63. The van der Waals surface area contributed by atoms with Gasteiger partial charge < -0.3 is 19.8 Å². The van der Waals surface area contributed by atoms with E-state index in [9.17, 15) is 23.4 Å². The van der Waals surface area contributed by atoms with Crippen molar-refractivity contribution in [3.05, 3.63) is 36.4 Å². The van der Waals surface area contributed by atoms with E-state index in [0.717, 1.165) is 43.2 Å². The standard InChI is InChI=1S/C37H54N2O6S/c1-22(11-16-34(42)45-6)27-12-13-28-35-29(21-33(41)37(27,28)3)36(2)18-17-24(19-23(36)20-31(35)40)38-46(43,44)32-15-14-30(39(4)5)25-9-7-8-10-26(25)32/h7-10,14-15,22-24,27-29,31,33,35,38,40-41H,11-13,16-21H2,1-6H3/t22-,23+,24-,27?,28?,29?,31+,33?,35-,36?,37?/m1/s1. The Kier molecular flexibility index (Phi) is 9.05. The van der Waals surface area contributed by atoms with Crippen molar-refractivity contribution < 1.29 is 28.2 Å². The number of carbonyl (C=O) groups excluding carboxylic acids is 1. The molecule has 0 heterocycles. The van der Waals surface area contributed by atoms with Crippen LogP contribution in [0.1, 0.15) is 78.6 Å². The highest BCUT2D eigenvalue weighted by atomic mass is 32.2. The molecule has 0 aromatic heterocycles. The van der Waals surface area contributed by atoms with Gasteiger partial charge in [0, 0.05) is 43.0 Å². The zero-order valence-corrected chi connectivity index (χ0v) is 29.2.